The van der Waals surface area contributed by atoms with Crippen LogP contribution in [0, 0.1) is 6.92 Å². The number of halogens is 1. The lowest BCUT2D eigenvalue weighted by Gasteiger charge is -2.09. The van der Waals surface area contributed by atoms with Gasteiger partial charge in [0.05, 0.1) is 16.3 Å². The van der Waals surface area contributed by atoms with Crippen LogP contribution in [0.1, 0.15) is 11.3 Å². The topological polar surface area (TPSA) is 90.0 Å². The zero-order chi connectivity index (χ0) is 14.9. The van der Waals surface area contributed by atoms with Gasteiger partial charge >= 0.3 is 0 Å². The summed E-state index contributed by atoms with van der Waals surface area (Å²) in [6.07, 6.45) is 1.60. The molecular weight excluding hydrogens is 300 g/mol. The molecule has 0 unspecified atom stereocenters. The Kier molecular flexibility index (Phi) is 4.03. The van der Waals surface area contributed by atoms with Crippen LogP contribution in [0.5, 0.6) is 0 Å². The number of aryl methyl sites for hydroxylation is 2. The molecule has 108 valence electrons. The fourth-order valence-corrected chi connectivity index (χ4v) is 3.13. The Bertz CT molecular complexity index is 740. The summed E-state index contributed by atoms with van der Waals surface area (Å²) in [5.74, 6) is 0. The number of benzene rings is 1. The van der Waals surface area contributed by atoms with Gasteiger partial charge in [0.1, 0.15) is 0 Å². The Morgan fingerprint density at radius 2 is 2.15 bits per heavy atom. The molecule has 3 N–H and O–H groups in total. The Morgan fingerprint density at radius 1 is 1.45 bits per heavy atom. The molecule has 0 aliphatic carbocycles. The molecule has 0 aliphatic rings. The Hall–Kier alpha value is -1.57. The third kappa shape index (κ3) is 2.95. The average molecular weight is 315 g/mol. The van der Waals surface area contributed by atoms with E-state index in [2.05, 4.69) is 9.82 Å². The van der Waals surface area contributed by atoms with E-state index in [9.17, 15) is 8.42 Å². The summed E-state index contributed by atoms with van der Waals surface area (Å²) in [5.41, 5.74) is 7.15. The SMILES string of the molecule is Cc1nn(C)cc1NS(=O)(=O)c1ccc(Cl)c(CN)c1. The first kappa shape index (κ1) is 14.8. The minimum atomic E-state index is -3.69. The van der Waals surface area contributed by atoms with E-state index in [1.54, 1.807) is 24.9 Å². The number of rotatable bonds is 4. The van der Waals surface area contributed by atoms with Crippen LogP contribution in [-0.2, 0) is 23.6 Å². The maximum Gasteiger partial charge on any atom is 0.262 e. The van der Waals surface area contributed by atoms with E-state index in [0.29, 0.717) is 22.0 Å². The van der Waals surface area contributed by atoms with Gasteiger partial charge in [0.25, 0.3) is 10.0 Å². The van der Waals surface area contributed by atoms with Crippen LogP contribution in [0.3, 0.4) is 0 Å². The van der Waals surface area contributed by atoms with Crippen molar-refractivity contribution in [3.63, 3.8) is 0 Å². The Balaban J connectivity index is 2.38. The highest BCUT2D eigenvalue weighted by Crippen LogP contribution is 2.23. The van der Waals surface area contributed by atoms with E-state index in [1.807, 2.05) is 0 Å². The van der Waals surface area contributed by atoms with Crippen LogP contribution in [0.15, 0.2) is 29.3 Å². The van der Waals surface area contributed by atoms with E-state index in [0.717, 1.165) is 0 Å². The maximum absolute atomic E-state index is 12.3. The second kappa shape index (κ2) is 5.43. The number of aromatic nitrogens is 2. The lowest BCUT2D eigenvalue weighted by atomic mass is 10.2. The summed E-state index contributed by atoms with van der Waals surface area (Å²) < 4.78 is 28.7. The molecule has 0 radical (unpaired) electrons. The zero-order valence-corrected chi connectivity index (χ0v) is 12.7. The molecule has 1 aromatic carbocycles. The van der Waals surface area contributed by atoms with Crippen LogP contribution in [0.4, 0.5) is 5.69 Å². The average Bonchev–Trinajstić information content (AvgIpc) is 2.67. The molecule has 0 amide bonds. The summed E-state index contributed by atoms with van der Waals surface area (Å²) in [7, 11) is -1.97. The second-order valence-corrected chi connectivity index (χ2v) is 6.45. The van der Waals surface area contributed by atoms with E-state index < -0.39 is 10.0 Å². The molecule has 20 heavy (non-hydrogen) atoms. The molecule has 8 heteroatoms. The van der Waals surface area contributed by atoms with E-state index in [-0.39, 0.29) is 11.4 Å². The van der Waals surface area contributed by atoms with Crippen molar-refractivity contribution in [3.8, 4) is 0 Å². The van der Waals surface area contributed by atoms with Gasteiger partial charge in [0.15, 0.2) is 0 Å². The standard InChI is InChI=1S/C12H15ClN4O2S/c1-8-12(7-17(2)15-8)16-20(18,19)10-3-4-11(13)9(5-10)6-14/h3-5,7,16H,6,14H2,1-2H3. The van der Waals surface area contributed by atoms with Crippen LogP contribution < -0.4 is 10.5 Å². The summed E-state index contributed by atoms with van der Waals surface area (Å²) in [6, 6.07) is 4.43. The van der Waals surface area contributed by atoms with Crippen molar-refractivity contribution in [2.45, 2.75) is 18.4 Å². The molecule has 0 spiro atoms. The van der Waals surface area contributed by atoms with Crippen molar-refractivity contribution in [3.05, 3.63) is 40.7 Å². The van der Waals surface area contributed by atoms with E-state index >= 15 is 0 Å². The van der Waals surface area contributed by atoms with Gasteiger partial charge in [0.2, 0.25) is 0 Å². The number of nitrogens with zero attached hydrogens (tertiary/aromatic N) is 2. The van der Waals surface area contributed by atoms with Crippen molar-refractivity contribution in [1.82, 2.24) is 9.78 Å². The van der Waals surface area contributed by atoms with Crippen molar-refractivity contribution in [2.24, 2.45) is 12.8 Å². The third-order valence-electron chi connectivity index (χ3n) is 2.81. The molecule has 0 atom stereocenters. The van der Waals surface area contributed by atoms with Crippen molar-refractivity contribution in [1.29, 1.82) is 0 Å². The summed E-state index contributed by atoms with van der Waals surface area (Å²) in [6.45, 7) is 1.90. The van der Waals surface area contributed by atoms with Gasteiger partial charge < -0.3 is 5.73 Å². The molecular formula is C12H15ClN4O2S. The van der Waals surface area contributed by atoms with Crippen molar-refractivity contribution in [2.75, 3.05) is 4.72 Å². The molecule has 0 fully saturated rings. The lowest BCUT2D eigenvalue weighted by molar-refractivity contribution is 0.601. The number of anilines is 1. The summed E-state index contributed by atoms with van der Waals surface area (Å²) >= 11 is 5.93. The minimum absolute atomic E-state index is 0.116. The van der Waals surface area contributed by atoms with Gasteiger partial charge in [-0.3, -0.25) is 9.40 Å². The second-order valence-electron chi connectivity index (χ2n) is 4.36. The quantitative estimate of drug-likeness (QED) is 0.897. The number of hydrogen-bond donors (Lipinski definition) is 2. The Morgan fingerprint density at radius 3 is 2.70 bits per heavy atom. The van der Waals surface area contributed by atoms with Crippen molar-refractivity contribution < 1.29 is 8.42 Å². The first-order chi connectivity index (χ1) is 9.33. The molecule has 0 saturated heterocycles. The maximum atomic E-state index is 12.3. The van der Waals surface area contributed by atoms with E-state index in [4.69, 9.17) is 17.3 Å². The highest BCUT2D eigenvalue weighted by Gasteiger charge is 2.17. The van der Waals surface area contributed by atoms with Gasteiger partial charge in [-0.25, -0.2) is 8.42 Å². The van der Waals surface area contributed by atoms with Crippen LogP contribution in [0.25, 0.3) is 0 Å². The molecule has 6 nitrogen and oxygen atoms in total. The van der Waals surface area contributed by atoms with Gasteiger partial charge in [0, 0.05) is 24.8 Å². The van der Waals surface area contributed by atoms with Crippen LogP contribution in [-0.4, -0.2) is 18.2 Å². The van der Waals surface area contributed by atoms with Crippen LogP contribution >= 0.6 is 11.6 Å². The van der Waals surface area contributed by atoms with Gasteiger partial charge in [-0.2, -0.15) is 5.10 Å². The van der Waals surface area contributed by atoms with E-state index in [1.165, 1.54) is 18.2 Å². The van der Waals surface area contributed by atoms with Gasteiger partial charge in [-0.15, -0.1) is 0 Å². The van der Waals surface area contributed by atoms with Crippen LogP contribution in [0.2, 0.25) is 5.02 Å². The smallest absolute Gasteiger partial charge is 0.262 e. The predicted octanol–water partition coefficient (Wildman–Crippen LogP) is 1.64. The molecule has 0 bridgehead atoms. The first-order valence-corrected chi connectivity index (χ1v) is 7.71. The molecule has 2 rings (SSSR count). The summed E-state index contributed by atoms with van der Waals surface area (Å²) in [5, 5.41) is 4.53. The third-order valence-corrected chi connectivity index (χ3v) is 4.54. The number of sulfonamides is 1. The largest absolute Gasteiger partial charge is 0.326 e. The monoisotopic (exact) mass is 314 g/mol. The van der Waals surface area contributed by atoms with Gasteiger partial charge in [-0.1, -0.05) is 11.6 Å². The summed E-state index contributed by atoms with van der Waals surface area (Å²) in [4.78, 5) is 0.116. The number of nitrogens with one attached hydrogen (secondary N) is 1. The Labute approximate surface area is 122 Å². The first-order valence-electron chi connectivity index (χ1n) is 5.85. The fourth-order valence-electron chi connectivity index (χ4n) is 1.78. The lowest BCUT2D eigenvalue weighted by Crippen LogP contribution is -2.14. The highest BCUT2D eigenvalue weighted by molar-refractivity contribution is 7.92. The normalized spacial score (nSPS) is 11.6. The molecule has 0 aliphatic heterocycles. The zero-order valence-electron chi connectivity index (χ0n) is 11.1. The number of nitrogens with two attached hydrogens (primary N) is 1. The minimum Gasteiger partial charge on any atom is -0.326 e. The molecule has 1 aromatic heterocycles. The molecule has 0 saturated carbocycles. The molecule has 2 aromatic rings. The number of hydrogen-bond acceptors (Lipinski definition) is 4. The molecule has 1 heterocycles. The predicted molar refractivity (Wildman–Crippen MR) is 78.1 cm³/mol. The van der Waals surface area contributed by atoms with Crippen molar-refractivity contribution >= 4 is 27.3 Å². The van der Waals surface area contributed by atoms with Gasteiger partial charge in [-0.05, 0) is 30.7 Å². The highest BCUT2D eigenvalue weighted by atomic mass is 35.5. The fraction of sp³-hybridized carbons (Fsp3) is 0.250.